The van der Waals surface area contributed by atoms with Crippen LogP contribution in [0, 0.1) is 13.8 Å². The van der Waals surface area contributed by atoms with Crippen molar-refractivity contribution in [3.8, 4) is 5.75 Å². The van der Waals surface area contributed by atoms with Gasteiger partial charge in [-0.2, -0.15) is 8.75 Å². The van der Waals surface area contributed by atoms with Crippen LogP contribution in [0.15, 0.2) is 18.3 Å². The lowest BCUT2D eigenvalue weighted by molar-refractivity contribution is 0.215. The molecule has 1 aromatic carbocycles. The SMILES string of the molecule is COc1cc(C)c(C(O)c2cnsn2)cc1C. The third-order valence-corrected chi connectivity index (χ3v) is 3.23. The van der Waals surface area contributed by atoms with Gasteiger partial charge in [0.25, 0.3) is 0 Å². The first-order valence-electron chi connectivity index (χ1n) is 5.24. The number of aryl methyl sites for hydroxylation is 2. The summed E-state index contributed by atoms with van der Waals surface area (Å²) in [4.78, 5) is 0. The van der Waals surface area contributed by atoms with E-state index in [0.717, 1.165) is 34.2 Å². The summed E-state index contributed by atoms with van der Waals surface area (Å²) in [5, 5.41) is 10.2. The maximum Gasteiger partial charge on any atom is 0.124 e. The zero-order valence-corrected chi connectivity index (χ0v) is 10.8. The number of hydrogen-bond donors (Lipinski definition) is 1. The Morgan fingerprint density at radius 1 is 1.29 bits per heavy atom. The molecule has 0 saturated carbocycles. The van der Waals surface area contributed by atoms with E-state index in [-0.39, 0.29) is 0 Å². The van der Waals surface area contributed by atoms with Crippen molar-refractivity contribution in [3.05, 3.63) is 40.7 Å². The van der Waals surface area contributed by atoms with Gasteiger partial charge < -0.3 is 9.84 Å². The van der Waals surface area contributed by atoms with E-state index < -0.39 is 6.10 Å². The second-order valence-corrected chi connectivity index (χ2v) is 4.47. The minimum absolute atomic E-state index is 0.586. The molecule has 0 radical (unpaired) electrons. The highest BCUT2D eigenvalue weighted by atomic mass is 32.1. The average molecular weight is 250 g/mol. The van der Waals surface area contributed by atoms with Crippen LogP contribution in [0.3, 0.4) is 0 Å². The van der Waals surface area contributed by atoms with Crippen molar-refractivity contribution in [1.29, 1.82) is 0 Å². The predicted molar refractivity (Wildman–Crippen MR) is 66.4 cm³/mol. The van der Waals surface area contributed by atoms with Crippen molar-refractivity contribution < 1.29 is 9.84 Å². The van der Waals surface area contributed by atoms with E-state index in [2.05, 4.69) is 8.75 Å². The van der Waals surface area contributed by atoms with Crippen LogP contribution in [0.5, 0.6) is 5.75 Å². The van der Waals surface area contributed by atoms with Gasteiger partial charge in [-0.25, -0.2) is 0 Å². The first kappa shape index (κ1) is 12.0. The van der Waals surface area contributed by atoms with Gasteiger partial charge in [0.1, 0.15) is 17.5 Å². The molecule has 0 aliphatic carbocycles. The van der Waals surface area contributed by atoms with Gasteiger partial charge in [-0.3, -0.25) is 0 Å². The van der Waals surface area contributed by atoms with E-state index in [1.165, 1.54) is 0 Å². The molecule has 0 amide bonds. The van der Waals surface area contributed by atoms with Crippen molar-refractivity contribution in [2.45, 2.75) is 20.0 Å². The van der Waals surface area contributed by atoms with Gasteiger partial charge in [0.15, 0.2) is 0 Å². The monoisotopic (exact) mass is 250 g/mol. The molecule has 0 aliphatic heterocycles. The van der Waals surface area contributed by atoms with Crippen molar-refractivity contribution in [1.82, 2.24) is 8.75 Å². The molecule has 1 N–H and O–H groups in total. The third kappa shape index (κ3) is 2.30. The van der Waals surface area contributed by atoms with Crippen molar-refractivity contribution in [2.24, 2.45) is 0 Å². The maximum atomic E-state index is 10.2. The summed E-state index contributed by atoms with van der Waals surface area (Å²) in [6.07, 6.45) is 0.868. The fourth-order valence-electron chi connectivity index (χ4n) is 1.78. The second kappa shape index (κ2) is 4.81. The summed E-state index contributed by atoms with van der Waals surface area (Å²) in [6.45, 7) is 3.90. The highest BCUT2D eigenvalue weighted by Crippen LogP contribution is 2.29. The summed E-state index contributed by atoms with van der Waals surface area (Å²) < 4.78 is 13.2. The second-order valence-electron chi connectivity index (χ2n) is 3.91. The smallest absolute Gasteiger partial charge is 0.124 e. The lowest BCUT2D eigenvalue weighted by Crippen LogP contribution is -2.03. The van der Waals surface area contributed by atoms with E-state index >= 15 is 0 Å². The highest BCUT2D eigenvalue weighted by molar-refractivity contribution is 6.99. The van der Waals surface area contributed by atoms with Gasteiger partial charge in [-0.15, -0.1) is 0 Å². The van der Waals surface area contributed by atoms with Crippen LogP contribution in [-0.2, 0) is 0 Å². The third-order valence-electron chi connectivity index (χ3n) is 2.74. The summed E-state index contributed by atoms with van der Waals surface area (Å²) in [5.74, 6) is 0.829. The number of aliphatic hydroxyl groups excluding tert-OH is 1. The molecule has 2 rings (SSSR count). The molecule has 0 fully saturated rings. The minimum Gasteiger partial charge on any atom is -0.496 e. The van der Waals surface area contributed by atoms with Gasteiger partial charge in [-0.05, 0) is 42.7 Å². The van der Waals surface area contributed by atoms with E-state index in [9.17, 15) is 5.11 Å². The summed E-state index contributed by atoms with van der Waals surface area (Å²) in [7, 11) is 1.64. The Kier molecular flexibility index (Phi) is 3.40. The van der Waals surface area contributed by atoms with E-state index in [1.54, 1.807) is 13.3 Å². The first-order valence-corrected chi connectivity index (χ1v) is 5.97. The number of ether oxygens (including phenoxy) is 1. The normalized spacial score (nSPS) is 12.5. The molecule has 0 saturated heterocycles. The number of methoxy groups -OCH3 is 1. The van der Waals surface area contributed by atoms with Gasteiger partial charge in [0.2, 0.25) is 0 Å². The Hall–Kier alpha value is -1.46. The summed E-state index contributed by atoms with van der Waals surface area (Å²) in [6, 6.07) is 3.85. The predicted octanol–water partition coefficient (Wildman–Crippen LogP) is 2.25. The largest absolute Gasteiger partial charge is 0.496 e. The Morgan fingerprint density at radius 3 is 2.65 bits per heavy atom. The van der Waals surface area contributed by atoms with Crippen LogP contribution in [0.4, 0.5) is 0 Å². The molecular weight excluding hydrogens is 236 g/mol. The molecule has 17 heavy (non-hydrogen) atoms. The number of aliphatic hydroxyl groups is 1. The Labute approximate surface area is 104 Å². The fraction of sp³-hybridized carbons (Fsp3) is 0.333. The van der Waals surface area contributed by atoms with E-state index in [1.807, 2.05) is 26.0 Å². The van der Waals surface area contributed by atoms with E-state index in [4.69, 9.17) is 4.74 Å². The molecule has 0 aliphatic rings. The van der Waals surface area contributed by atoms with Crippen molar-refractivity contribution in [2.75, 3.05) is 7.11 Å². The minimum atomic E-state index is -0.724. The fourth-order valence-corrected chi connectivity index (χ4v) is 2.22. The van der Waals surface area contributed by atoms with Crippen LogP contribution >= 0.6 is 11.7 Å². The number of hydrogen-bond acceptors (Lipinski definition) is 5. The average Bonchev–Trinajstić information content (AvgIpc) is 2.84. The first-order chi connectivity index (χ1) is 8.13. The molecule has 1 atom stereocenters. The standard InChI is InChI=1S/C12H14N2O2S/c1-7-5-11(16-3)8(2)4-9(7)12(15)10-6-13-17-14-10/h4-6,12,15H,1-3H3. The van der Waals surface area contributed by atoms with E-state index in [0.29, 0.717) is 5.69 Å². The molecule has 90 valence electrons. The highest BCUT2D eigenvalue weighted by Gasteiger charge is 2.17. The van der Waals surface area contributed by atoms with Gasteiger partial charge >= 0.3 is 0 Å². The van der Waals surface area contributed by atoms with Crippen LogP contribution in [0.2, 0.25) is 0 Å². The Balaban J connectivity index is 2.42. The number of rotatable bonds is 3. The molecule has 1 heterocycles. The van der Waals surface area contributed by atoms with Gasteiger partial charge in [-0.1, -0.05) is 0 Å². The number of benzene rings is 1. The molecule has 1 unspecified atom stereocenters. The van der Waals surface area contributed by atoms with Crippen LogP contribution < -0.4 is 4.74 Å². The van der Waals surface area contributed by atoms with Crippen LogP contribution in [0.1, 0.15) is 28.5 Å². The number of nitrogens with zero attached hydrogens (tertiary/aromatic N) is 2. The molecule has 0 bridgehead atoms. The zero-order chi connectivity index (χ0) is 12.4. The molecule has 1 aromatic heterocycles. The van der Waals surface area contributed by atoms with Crippen molar-refractivity contribution in [3.63, 3.8) is 0 Å². The molecule has 4 nitrogen and oxygen atoms in total. The summed E-state index contributed by atoms with van der Waals surface area (Å²) in [5.41, 5.74) is 3.40. The van der Waals surface area contributed by atoms with Gasteiger partial charge in [0, 0.05) is 0 Å². The Bertz CT molecular complexity index is 511. The van der Waals surface area contributed by atoms with Crippen LogP contribution in [0.25, 0.3) is 0 Å². The number of aromatic nitrogens is 2. The lowest BCUT2D eigenvalue weighted by atomic mass is 9.98. The lowest BCUT2D eigenvalue weighted by Gasteiger charge is -2.14. The topological polar surface area (TPSA) is 55.2 Å². The van der Waals surface area contributed by atoms with Gasteiger partial charge in [0.05, 0.1) is 25.0 Å². The quantitative estimate of drug-likeness (QED) is 0.907. The summed E-state index contributed by atoms with van der Waals surface area (Å²) >= 11 is 1.10. The van der Waals surface area contributed by atoms with Crippen molar-refractivity contribution >= 4 is 11.7 Å². The molecule has 0 spiro atoms. The zero-order valence-electron chi connectivity index (χ0n) is 9.97. The molecular formula is C12H14N2O2S. The Morgan fingerprint density at radius 2 is 2.06 bits per heavy atom. The molecule has 5 heteroatoms. The van der Waals surface area contributed by atoms with Crippen LogP contribution in [-0.4, -0.2) is 21.0 Å². The molecule has 2 aromatic rings. The maximum absolute atomic E-state index is 10.2.